The number of hydrogen-bond donors (Lipinski definition) is 2. The largest absolute Gasteiger partial charge is 0.451 e. The van der Waals surface area contributed by atoms with Crippen LogP contribution < -0.4 is 10.3 Å². The van der Waals surface area contributed by atoms with Gasteiger partial charge in [0, 0.05) is 10.9 Å². The Morgan fingerprint density at radius 2 is 1.92 bits per heavy atom. The standard InChI is InChI=1S/C17H13N3O4S/c1-11-14-7-2-3-8-15(14)24-16(11)17(21)19-20-25(22,23)13-6-4-5-12(9-13)10-18/h2-9,20H,1H3,(H,19,21). The Labute approximate surface area is 143 Å². The third-order valence-electron chi connectivity index (χ3n) is 3.62. The molecule has 2 N–H and O–H groups in total. The van der Waals surface area contributed by atoms with Gasteiger partial charge in [-0.3, -0.25) is 10.2 Å². The van der Waals surface area contributed by atoms with E-state index in [1.165, 1.54) is 24.3 Å². The van der Waals surface area contributed by atoms with E-state index in [9.17, 15) is 13.2 Å². The molecule has 0 saturated carbocycles. The average Bonchev–Trinajstić information content (AvgIpc) is 2.97. The van der Waals surface area contributed by atoms with Crippen LogP contribution in [-0.4, -0.2) is 14.3 Å². The first kappa shape index (κ1) is 16.7. The third kappa shape index (κ3) is 3.24. The van der Waals surface area contributed by atoms with Crippen LogP contribution in [0.4, 0.5) is 0 Å². The van der Waals surface area contributed by atoms with Crippen molar-refractivity contribution in [2.45, 2.75) is 11.8 Å². The van der Waals surface area contributed by atoms with Gasteiger partial charge >= 0.3 is 5.91 Å². The zero-order chi connectivity index (χ0) is 18.0. The number of fused-ring (bicyclic) bond motifs is 1. The van der Waals surface area contributed by atoms with Crippen molar-refractivity contribution in [2.75, 3.05) is 0 Å². The molecule has 7 nitrogen and oxygen atoms in total. The summed E-state index contributed by atoms with van der Waals surface area (Å²) in [6.07, 6.45) is 0. The number of nitrogens with one attached hydrogen (secondary N) is 2. The minimum absolute atomic E-state index is 0.0228. The van der Waals surface area contributed by atoms with Crippen molar-refractivity contribution in [3.63, 3.8) is 0 Å². The number of rotatable bonds is 4. The quantitative estimate of drug-likeness (QED) is 0.697. The summed E-state index contributed by atoms with van der Waals surface area (Å²) in [5.74, 6) is -0.691. The maximum absolute atomic E-state index is 12.3. The van der Waals surface area contributed by atoms with Gasteiger partial charge in [-0.15, -0.1) is 4.83 Å². The fourth-order valence-electron chi connectivity index (χ4n) is 2.35. The number of nitrogens with zero attached hydrogens (tertiary/aromatic N) is 1. The lowest BCUT2D eigenvalue weighted by Crippen LogP contribution is -2.41. The van der Waals surface area contributed by atoms with Crippen LogP contribution in [-0.2, 0) is 10.0 Å². The minimum atomic E-state index is -4.01. The van der Waals surface area contributed by atoms with E-state index in [0.717, 1.165) is 5.39 Å². The normalized spacial score (nSPS) is 11.2. The van der Waals surface area contributed by atoms with Crippen molar-refractivity contribution in [1.82, 2.24) is 10.3 Å². The van der Waals surface area contributed by atoms with Gasteiger partial charge in [-0.1, -0.05) is 24.3 Å². The second-order valence-corrected chi connectivity index (χ2v) is 6.93. The number of hydrogen-bond acceptors (Lipinski definition) is 5. The van der Waals surface area contributed by atoms with Crippen LogP contribution in [0.15, 0.2) is 57.8 Å². The van der Waals surface area contributed by atoms with Crippen LogP contribution in [0.5, 0.6) is 0 Å². The summed E-state index contributed by atoms with van der Waals surface area (Å²) in [7, 11) is -4.01. The molecule has 1 heterocycles. The molecule has 0 spiro atoms. The van der Waals surface area contributed by atoms with E-state index in [4.69, 9.17) is 9.68 Å². The summed E-state index contributed by atoms with van der Waals surface area (Å²) in [6.45, 7) is 1.71. The van der Waals surface area contributed by atoms with Gasteiger partial charge in [-0.25, -0.2) is 8.42 Å². The first-order chi connectivity index (χ1) is 11.9. The molecule has 2 aromatic carbocycles. The van der Waals surface area contributed by atoms with Gasteiger partial charge in [-0.2, -0.15) is 5.26 Å². The molecule has 0 aliphatic rings. The number of nitriles is 1. The van der Waals surface area contributed by atoms with E-state index in [0.29, 0.717) is 11.1 Å². The van der Waals surface area contributed by atoms with Crippen molar-refractivity contribution < 1.29 is 17.6 Å². The highest BCUT2D eigenvalue weighted by Crippen LogP contribution is 2.24. The SMILES string of the molecule is Cc1c(C(=O)NNS(=O)(=O)c2cccc(C#N)c2)oc2ccccc12. The van der Waals surface area contributed by atoms with E-state index in [1.54, 1.807) is 19.1 Å². The second kappa shape index (κ2) is 6.39. The van der Waals surface area contributed by atoms with Gasteiger partial charge in [0.25, 0.3) is 10.0 Å². The smallest absolute Gasteiger partial charge is 0.302 e. The van der Waals surface area contributed by atoms with Crippen LogP contribution in [0, 0.1) is 18.3 Å². The molecule has 0 fully saturated rings. The second-order valence-electron chi connectivity index (χ2n) is 5.25. The molecule has 0 unspecified atom stereocenters. The molecule has 0 saturated heterocycles. The van der Waals surface area contributed by atoms with Gasteiger partial charge in [-0.05, 0) is 31.2 Å². The minimum Gasteiger partial charge on any atom is -0.451 e. The van der Waals surface area contributed by atoms with Crippen LogP contribution in [0.2, 0.25) is 0 Å². The summed E-state index contributed by atoms with van der Waals surface area (Å²) in [5, 5.41) is 9.62. The van der Waals surface area contributed by atoms with E-state index >= 15 is 0 Å². The number of benzene rings is 2. The topological polar surface area (TPSA) is 112 Å². The summed E-state index contributed by atoms with van der Waals surface area (Å²) < 4.78 is 29.9. The zero-order valence-electron chi connectivity index (χ0n) is 13.1. The van der Waals surface area contributed by atoms with Gasteiger partial charge in [0.1, 0.15) is 5.58 Å². The fraction of sp³-hybridized carbons (Fsp3) is 0.0588. The molecule has 25 heavy (non-hydrogen) atoms. The Bertz CT molecular complexity index is 1110. The number of carbonyl (C=O) groups is 1. The summed E-state index contributed by atoms with van der Waals surface area (Å²) in [4.78, 5) is 14.1. The van der Waals surface area contributed by atoms with Crippen molar-refractivity contribution in [2.24, 2.45) is 0 Å². The first-order valence-corrected chi connectivity index (χ1v) is 8.71. The highest BCUT2D eigenvalue weighted by Gasteiger charge is 2.20. The fourth-order valence-corrected chi connectivity index (χ4v) is 3.24. The average molecular weight is 355 g/mol. The molecule has 126 valence electrons. The number of amides is 1. The molecular weight excluding hydrogens is 342 g/mol. The van der Waals surface area contributed by atoms with E-state index < -0.39 is 15.9 Å². The van der Waals surface area contributed by atoms with Crippen LogP contribution in [0.25, 0.3) is 11.0 Å². The van der Waals surface area contributed by atoms with Crippen LogP contribution in [0.3, 0.4) is 0 Å². The number of furan rings is 1. The molecular formula is C17H13N3O4S. The van der Waals surface area contributed by atoms with Crippen molar-refractivity contribution in [1.29, 1.82) is 5.26 Å². The number of para-hydroxylation sites is 1. The van der Waals surface area contributed by atoms with Gasteiger partial charge < -0.3 is 4.42 Å². The third-order valence-corrected chi connectivity index (χ3v) is 4.87. The molecule has 1 aromatic heterocycles. The number of aryl methyl sites for hydroxylation is 1. The van der Waals surface area contributed by atoms with Crippen molar-refractivity contribution >= 4 is 26.9 Å². The van der Waals surface area contributed by atoms with E-state index in [-0.39, 0.29) is 16.2 Å². The highest BCUT2D eigenvalue weighted by atomic mass is 32.2. The van der Waals surface area contributed by atoms with Crippen molar-refractivity contribution in [3.8, 4) is 6.07 Å². The Morgan fingerprint density at radius 3 is 2.64 bits per heavy atom. The Balaban J connectivity index is 1.81. The van der Waals surface area contributed by atoms with E-state index in [1.807, 2.05) is 23.0 Å². The molecule has 1 amide bonds. The summed E-state index contributed by atoms with van der Waals surface area (Å²) in [5.41, 5.74) is 3.47. The lowest BCUT2D eigenvalue weighted by molar-refractivity contribution is 0.0918. The Hall–Kier alpha value is -3.15. The molecule has 0 radical (unpaired) electrons. The predicted octanol–water partition coefficient (Wildman–Crippen LogP) is 2.24. The van der Waals surface area contributed by atoms with E-state index in [2.05, 4.69) is 5.43 Å². The predicted molar refractivity (Wildman–Crippen MR) is 89.9 cm³/mol. The van der Waals surface area contributed by atoms with Gasteiger partial charge in [0.05, 0.1) is 16.5 Å². The number of sulfonamides is 1. The molecule has 3 rings (SSSR count). The molecule has 8 heteroatoms. The number of carbonyl (C=O) groups excluding carboxylic acids is 1. The maximum atomic E-state index is 12.3. The molecule has 0 atom stereocenters. The summed E-state index contributed by atoms with van der Waals surface area (Å²) >= 11 is 0. The summed E-state index contributed by atoms with van der Waals surface area (Å²) in [6, 6.07) is 14.4. The highest BCUT2D eigenvalue weighted by molar-refractivity contribution is 7.89. The van der Waals surface area contributed by atoms with Gasteiger partial charge in [0.2, 0.25) is 0 Å². The molecule has 3 aromatic rings. The van der Waals surface area contributed by atoms with Gasteiger partial charge in [0.15, 0.2) is 5.76 Å². The lowest BCUT2D eigenvalue weighted by atomic mass is 10.1. The zero-order valence-corrected chi connectivity index (χ0v) is 13.9. The Kier molecular flexibility index (Phi) is 4.27. The molecule has 0 bridgehead atoms. The van der Waals surface area contributed by atoms with Crippen LogP contribution >= 0.6 is 0 Å². The Morgan fingerprint density at radius 1 is 1.16 bits per heavy atom. The van der Waals surface area contributed by atoms with Crippen molar-refractivity contribution in [3.05, 3.63) is 65.4 Å². The first-order valence-electron chi connectivity index (χ1n) is 7.23. The monoisotopic (exact) mass is 355 g/mol. The molecule has 0 aliphatic carbocycles. The number of hydrazine groups is 1. The maximum Gasteiger partial charge on any atom is 0.302 e. The lowest BCUT2D eigenvalue weighted by Gasteiger charge is -2.08. The molecule has 0 aliphatic heterocycles. The van der Waals surface area contributed by atoms with Crippen LogP contribution in [0.1, 0.15) is 21.7 Å².